The number of halogens is 1. The van der Waals surface area contributed by atoms with E-state index in [9.17, 15) is 19.5 Å². The molecule has 0 radical (unpaired) electrons. The number of nitrogens with zero attached hydrogens (tertiary/aromatic N) is 2. The maximum Gasteiger partial charge on any atom is 0.260 e. The molecule has 3 amide bonds. The first-order valence-corrected chi connectivity index (χ1v) is 10.9. The van der Waals surface area contributed by atoms with Gasteiger partial charge in [-0.3, -0.25) is 19.2 Å². The lowest BCUT2D eigenvalue weighted by Gasteiger charge is -2.38. The zero-order chi connectivity index (χ0) is 28.0. The number of likely N-dealkylation sites (tertiary alicyclic amines) is 1. The van der Waals surface area contributed by atoms with Gasteiger partial charge in [-0.2, -0.15) is 5.06 Å². The Bertz CT molecular complexity index is 721. The van der Waals surface area contributed by atoms with E-state index in [-0.39, 0.29) is 55.5 Å². The van der Waals surface area contributed by atoms with Crippen LogP contribution >= 0.6 is 12.3 Å². The predicted octanol–water partition coefficient (Wildman–Crippen LogP) is 1.70. The number of piperidine rings is 1. The van der Waals surface area contributed by atoms with Gasteiger partial charge in [0.1, 0.15) is 1.17 Å². The zero-order valence-corrected chi connectivity index (χ0v) is 20.2. The topological polar surface area (TPSA) is 117 Å². The van der Waals surface area contributed by atoms with Gasteiger partial charge in [0, 0.05) is 36.0 Å². The fourth-order valence-electron chi connectivity index (χ4n) is 4.66. The van der Waals surface area contributed by atoms with Crippen molar-refractivity contribution in [2.45, 2.75) is 65.0 Å². The lowest BCUT2D eigenvalue weighted by molar-refractivity contribution is -0.192. The van der Waals surface area contributed by atoms with Crippen molar-refractivity contribution in [2.24, 2.45) is 17.3 Å². The second-order valence-corrected chi connectivity index (χ2v) is 8.66. The van der Waals surface area contributed by atoms with Crippen LogP contribution in [-0.4, -0.2) is 86.1 Å². The van der Waals surface area contributed by atoms with Gasteiger partial charge in [0.15, 0.2) is 0 Å². The summed E-state index contributed by atoms with van der Waals surface area (Å²) in [4.78, 5) is 44.6. The second-order valence-electron chi connectivity index (χ2n) is 8.66. The molecule has 190 valence electrons. The van der Waals surface area contributed by atoms with Gasteiger partial charge < -0.3 is 19.9 Å². The molecule has 4 aliphatic rings. The molecule has 3 fully saturated rings. The number of carbonyl (C=O) groups excluding carboxylic acids is 3. The highest BCUT2D eigenvalue weighted by molar-refractivity contribution is 6.05. The molecular formula is C23H39ClN2O7. The molecule has 4 unspecified atom stereocenters. The molecule has 2 bridgehead atoms. The largest absolute Gasteiger partial charge is 0.400 e. The van der Waals surface area contributed by atoms with Crippen LogP contribution in [0.1, 0.15) is 55.6 Å². The summed E-state index contributed by atoms with van der Waals surface area (Å²) in [6.45, 7) is 1.67. The van der Waals surface area contributed by atoms with Gasteiger partial charge in [0.25, 0.3) is 11.8 Å². The maximum absolute atomic E-state index is 12.4. The number of unbranched alkanes of at least 4 members (excludes halogenated alkanes) is 2. The van der Waals surface area contributed by atoms with Crippen LogP contribution in [0.5, 0.6) is 0 Å². The Hall–Kier alpha value is -1.52. The number of hydrogen-bond donors (Lipinski definition) is 2. The van der Waals surface area contributed by atoms with E-state index in [1.54, 1.807) is 0 Å². The van der Waals surface area contributed by atoms with Crippen LogP contribution in [0.25, 0.3) is 0 Å². The van der Waals surface area contributed by atoms with E-state index >= 15 is 0 Å². The number of aliphatic hydroxyl groups excluding tert-OH is 2. The summed E-state index contributed by atoms with van der Waals surface area (Å²) in [6, 6.07) is 0. The quantitative estimate of drug-likeness (QED) is 0.297. The lowest BCUT2D eigenvalue weighted by Crippen LogP contribution is -2.43. The third kappa shape index (κ3) is 6.14. The Morgan fingerprint density at radius 2 is 1.85 bits per heavy atom. The number of fused-ring (bicyclic) bond motifs is 5. The minimum atomic E-state index is -0.450. The number of hydroxylamine groups is 2. The number of rotatable bonds is 8. The third-order valence-electron chi connectivity index (χ3n) is 6.64. The molecule has 4 rings (SSSR count). The molecule has 9 nitrogen and oxygen atoms in total. The number of hydrogen-bond acceptors (Lipinski definition) is 7. The summed E-state index contributed by atoms with van der Waals surface area (Å²) in [5.74, 6) is -1.42. The summed E-state index contributed by atoms with van der Waals surface area (Å²) in [5, 5.41) is 13.9. The third-order valence-corrected chi connectivity index (χ3v) is 6.64. The van der Waals surface area contributed by atoms with E-state index in [0.29, 0.717) is 38.8 Å². The molecule has 0 aromatic rings. The zero-order valence-electron chi connectivity index (χ0n) is 23.4. The number of carbonyl (C=O) groups is 3. The number of aliphatic hydroxyl groups is 2. The fraction of sp³-hybridized carbons (Fsp3) is 0.783. The molecule has 0 spiro atoms. The first-order chi connectivity index (χ1) is 17.9. The van der Waals surface area contributed by atoms with Crippen molar-refractivity contribution in [1.82, 2.24) is 9.96 Å². The maximum atomic E-state index is 12.4. The van der Waals surface area contributed by atoms with Gasteiger partial charge in [-0.15, -0.1) is 12.3 Å². The van der Waals surface area contributed by atoms with Crippen LogP contribution < -0.4 is 0 Å². The number of ether oxygens (including phenoxy) is 1. The van der Waals surface area contributed by atoms with Crippen molar-refractivity contribution in [3.63, 3.8) is 0 Å². The van der Waals surface area contributed by atoms with Crippen LogP contribution in [0.15, 0.2) is 12.2 Å². The molecule has 3 saturated heterocycles. The van der Waals surface area contributed by atoms with Crippen molar-refractivity contribution >= 4 is 30.0 Å². The Kier molecular flexibility index (Phi) is 9.02. The minimum Gasteiger partial charge on any atom is -0.400 e. The smallest absolute Gasteiger partial charge is 0.260 e. The van der Waals surface area contributed by atoms with Crippen LogP contribution in [0, 0.1) is 17.3 Å². The first kappa shape index (κ1) is 23.2. The summed E-state index contributed by atoms with van der Waals surface area (Å²) in [5.41, 5.74) is -0.348. The van der Waals surface area contributed by atoms with Crippen molar-refractivity contribution in [2.75, 3.05) is 33.4 Å². The molecule has 4 aliphatic heterocycles. The molecule has 4 atom stereocenters. The van der Waals surface area contributed by atoms with Gasteiger partial charge in [0.2, 0.25) is 7.34 Å². The monoisotopic (exact) mass is 498 g/mol. The molecular weight excluding hydrogens is 452 g/mol. The van der Waals surface area contributed by atoms with Crippen molar-refractivity contribution < 1.29 is 36.9 Å². The highest BCUT2D eigenvalue weighted by atomic mass is 35.5. The molecule has 0 aromatic carbocycles. The molecule has 0 saturated carbocycles. The fourth-order valence-corrected chi connectivity index (χ4v) is 4.66. The summed E-state index contributed by atoms with van der Waals surface area (Å²) in [6.07, 6.45) is 7.02. The van der Waals surface area contributed by atoms with Crippen LogP contribution in [0.2, 0.25) is 0 Å². The first-order valence-electron chi connectivity index (χ1n) is 13.4. The number of imide groups is 1. The summed E-state index contributed by atoms with van der Waals surface area (Å²) in [7, 11) is 2.54. The Morgan fingerprint density at radius 1 is 1.27 bits per heavy atom. The van der Waals surface area contributed by atoms with E-state index in [1.165, 1.54) is 14.5 Å². The summed E-state index contributed by atoms with van der Waals surface area (Å²) < 4.78 is 29.9. The normalized spacial score (nSPS) is 29.8. The molecule has 0 aliphatic carbocycles. The highest BCUT2D eigenvalue weighted by Crippen LogP contribution is 2.45. The van der Waals surface area contributed by atoms with Crippen LogP contribution in [-0.2, 0) is 24.0 Å². The van der Waals surface area contributed by atoms with Crippen molar-refractivity contribution in [3.05, 3.63) is 12.2 Å². The Balaban J connectivity index is 0.000000894. The Labute approximate surface area is 207 Å². The van der Waals surface area contributed by atoms with Crippen molar-refractivity contribution in [3.8, 4) is 0 Å². The van der Waals surface area contributed by atoms with Crippen molar-refractivity contribution in [1.29, 1.82) is 2.60 Å². The average Bonchev–Trinajstić information content (AvgIpc) is 3.63. The molecule has 10 heteroatoms. The highest BCUT2D eigenvalue weighted by Gasteiger charge is 2.61. The van der Waals surface area contributed by atoms with Gasteiger partial charge in [0.05, 0.1) is 30.7 Å². The average molecular weight is 499 g/mol. The van der Waals surface area contributed by atoms with E-state index in [0.717, 1.165) is 17.9 Å². The SMILES string of the molecule is [3H]C.[3H]CC1(CO)CCN(C(=O)CCCCCON2C(=O)C3C4C=CC(O4)C3C2=O)CC1.[3H]Cl.[3H]OC. The van der Waals surface area contributed by atoms with Gasteiger partial charge >= 0.3 is 0 Å². The minimum absolute atomic E-state index is 0.00684. The van der Waals surface area contributed by atoms with Gasteiger partial charge in [-0.1, -0.05) is 32.9 Å². The lowest BCUT2D eigenvalue weighted by atomic mass is 9.81. The molecule has 4 heterocycles. The van der Waals surface area contributed by atoms with Gasteiger partial charge in [-0.05, 0) is 31.1 Å². The predicted molar refractivity (Wildman–Crippen MR) is 124 cm³/mol. The van der Waals surface area contributed by atoms with E-state index in [4.69, 9.17) is 14.9 Å². The molecule has 33 heavy (non-hydrogen) atoms. The summed E-state index contributed by atoms with van der Waals surface area (Å²) >= 11 is 3.89. The van der Waals surface area contributed by atoms with Crippen LogP contribution in [0.4, 0.5) is 0 Å². The molecule has 2 N–H and O–H groups in total. The van der Waals surface area contributed by atoms with E-state index in [2.05, 4.69) is 17.4 Å². The molecule has 0 aromatic heterocycles. The van der Waals surface area contributed by atoms with Crippen LogP contribution in [0.3, 0.4) is 0 Å². The second kappa shape index (κ2) is 12.8. The number of amides is 3. The van der Waals surface area contributed by atoms with Gasteiger partial charge in [-0.25, -0.2) is 0 Å². The standard InChI is InChI=1S/C21H30N2O6.CH4O.CH4.ClH/c1-21(13-24)8-10-22(11-9-21)16(25)5-3-2-4-12-28-23-19(26)17-14-6-7-15(29-14)18(17)20(23)27;1-2;;/h6-7,14-15,17-18,24H,2-5,8-13H2,1H3;2H,1H3;1H4;1H/i1T;2T;1T;/hT. The van der Waals surface area contributed by atoms with E-state index < -0.39 is 11.8 Å². The van der Waals surface area contributed by atoms with E-state index in [1.807, 2.05) is 17.1 Å². The Morgan fingerprint density at radius 3 is 2.36 bits per heavy atom.